The molecule has 0 saturated carbocycles. The molecular weight excluding hydrogens is 585 g/mol. The van der Waals surface area contributed by atoms with Gasteiger partial charge in [-0.3, -0.25) is 9.98 Å². The van der Waals surface area contributed by atoms with Crippen LogP contribution in [0.25, 0.3) is 0 Å². The minimum Gasteiger partial charge on any atom is -0.294 e. The van der Waals surface area contributed by atoms with Gasteiger partial charge in [-0.05, 0) is 54.7 Å². The third-order valence-corrected chi connectivity index (χ3v) is 6.01. The molecule has 0 fully saturated rings. The van der Waals surface area contributed by atoms with Crippen molar-refractivity contribution in [1.29, 1.82) is 0 Å². The first-order chi connectivity index (χ1) is 20.5. The van der Waals surface area contributed by atoms with Crippen LogP contribution in [-0.2, 0) is 18.5 Å². The van der Waals surface area contributed by atoms with Crippen molar-refractivity contribution in [2.45, 2.75) is 66.5 Å². The summed E-state index contributed by atoms with van der Waals surface area (Å²) in [5.41, 5.74) is 1.18. The van der Waals surface area contributed by atoms with Gasteiger partial charge in [-0.15, -0.1) is 0 Å². The summed E-state index contributed by atoms with van der Waals surface area (Å²) < 4.78 is 92.1. The lowest BCUT2D eigenvalue weighted by Gasteiger charge is -2.18. The molecule has 0 saturated heterocycles. The van der Waals surface area contributed by atoms with Gasteiger partial charge in [0.2, 0.25) is 0 Å². The standard InChI is InChI=1S/C15H14F5N.C14H13F2N3.C4H10/c1-3-9-6-13(21-8-9)11-5-4-10(15(18,19)20)7-12(11)14(2,16)17;1-3-11-12(8-17-2)19-13(18-11)7-9-5-4-6-10(15)14(9)16;1-4(2)3/h4-7H,3,8H2,1-2H3;3-6,8H,7H2,1-2H3;4H,1-3H3/b;11-3+,17-8?;. The summed E-state index contributed by atoms with van der Waals surface area (Å²) in [6.07, 6.45) is 1.29. The van der Waals surface area contributed by atoms with Crippen LogP contribution in [0, 0.1) is 17.6 Å². The normalized spacial score (nSPS) is 15.8. The average molecular weight is 623 g/mol. The highest BCUT2D eigenvalue weighted by atomic mass is 19.4. The Balaban J connectivity index is 0.000000275. The lowest BCUT2D eigenvalue weighted by Crippen LogP contribution is -2.16. The van der Waals surface area contributed by atoms with Gasteiger partial charge in [0.25, 0.3) is 5.92 Å². The van der Waals surface area contributed by atoms with Crippen molar-refractivity contribution in [2.75, 3.05) is 13.6 Å². The molecule has 0 atom stereocenters. The Morgan fingerprint density at radius 1 is 1.00 bits per heavy atom. The molecule has 0 aliphatic carbocycles. The summed E-state index contributed by atoms with van der Waals surface area (Å²) in [7, 11) is 1.64. The molecule has 2 aliphatic heterocycles. The third kappa shape index (κ3) is 10.4. The van der Waals surface area contributed by atoms with Gasteiger partial charge >= 0.3 is 6.18 Å². The zero-order chi connectivity index (χ0) is 33.2. The summed E-state index contributed by atoms with van der Waals surface area (Å²) in [6, 6.07) is 6.48. The van der Waals surface area contributed by atoms with E-state index in [1.165, 1.54) is 12.1 Å². The van der Waals surface area contributed by atoms with Gasteiger partial charge < -0.3 is 0 Å². The van der Waals surface area contributed by atoms with Crippen molar-refractivity contribution in [2.24, 2.45) is 25.9 Å². The molecule has 0 bridgehead atoms. The molecule has 2 heterocycles. The van der Waals surface area contributed by atoms with E-state index in [9.17, 15) is 30.7 Å². The monoisotopic (exact) mass is 622 g/mol. The minimum atomic E-state index is -4.65. The second-order valence-corrected chi connectivity index (χ2v) is 10.7. The van der Waals surface area contributed by atoms with E-state index in [0.29, 0.717) is 42.5 Å². The van der Waals surface area contributed by atoms with Gasteiger partial charge in [0.1, 0.15) is 11.5 Å². The van der Waals surface area contributed by atoms with Crippen LogP contribution in [0.4, 0.5) is 30.7 Å². The Kier molecular flexibility index (Phi) is 13.0. The first-order valence-corrected chi connectivity index (χ1v) is 14.0. The topological polar surface area (TPSA) is 49.4 Å². The van der Waals surface area contributed by atoms with E-state index in [-0.39, 0.29) is 17.5 Å². The molecule has 0 unspecified atom stereocenters. The Labute approximate surface area is 254 Å². The van der Waals surface area contributed by atoms with E-state index in [4.69, 9.17) is 0 Å². The number of amidine groups is 1. The molecule has 238 valence electrons. The molecule has 2 aromatic carbocycles. The summed E-state index contributed by atoms with van der Waals surface area (Å²) >= 11 is 0. The van der Waals surface area contributed by atoms with Crippen molar-refractivity contribution in [3.05, 3.63) is 93.7 Å². The number of hydrogen-bond acceptors (Lipinski definition) is 4. The highest BCUT2D eigenvalue weighted by molar-refractivity contribution is 6.42. The SMILES string of the molecule is C/C=C1/N=C(Cc2cccc(F)c2F)N=C1C=NC.CC(C)C.CCC1=CC(c2ccc(C(F)(F)F)cc2C(C)(F)F)=NC1. The number of halogens is 7. The number of hydrogen-bond donors (Lipinski definition) is 0. The molecule has 2 aliphatic rings. The predicted molar refractivity (Wildman–Crippen MR) is 164 cm³/mol. The van der Waals surface area contributed by atoms with E-state index in [0.717, 1.165) is 36.1 Å². The lowest BCUT2D eigenvalue weighted by atomic mass is 9.95. The maximum absolute atomic E-state index is 13.7. The minimum absolute atomic E-state index is 0.0546. The molecule has 4 nitrogen and oxygen atoms in total. The van der Waals surface area contributed by atoms with E-state index in [2.05, 4.69) is 40.7 Å². The summed E-state index contributed by atoms with van der Waals surface area (Å²) in [4.78, 5) is 16.5. The van der Waals surface area contributed by atoms with E-state index >= 15 is 0 Å². The molecule has 4 rings (SSSR count). The van der Waals surface area contributed by atoms with Crippen LogP contribution in [0.1, 0.15) is 70.2 Å². The van der Waals surface area contributed by atoms with E-state index in [1.807, 2.05) is 13.8 Å². The molecule has 0 spiro atoms. The van der Waals surface area contributed by atoms with Gasteiger partial charge in [0.15, 0.2) is 11.6 Å². The third-order valence-electron chi connectivity index (χ3n) is 6.01. The van der Waals surface area contributed by atoms with Gasteiger partial charge in [0.05, 0.1) is 23.5 Å². The van der Waals surface area contributed by atoms with Gasteiger partial charge in [-0.2, -0.15) is 13.2 Å². The van der Waals surface area contributed by atoms with Crippen molar-refractivity contribution in [1.82, 2.24) is 0 Å². The summed E-state index contributed by atoms with van der Waals surface area (Å²) in [6.45, 7) is 11.2. The van der Waals surface area contributed by atoms with Crippen molar-refractivity contribution in [3.63, 3.8) is 0 Å². The lowest BCUT2D eigenvalue weighted by molar-refractivity contribution is -0.137. The van der Waals surface area contributed by atoms with E-state index < -0.39 is 34.9 Å². The van der Waals surface area contributed by atoms with Crippen molar-refractivity contribution < 1.29 is 30.7 Å². The average Bonchev–Trinajstić information content (AvgIpc) is 3.57. The highest BCUT2D eigenvalue weighted by Crippen LogP contribution is 2.37. The second-order valence-electron chi connectivity index (χ2n) is 10.7. The molecular formula is C33H37F7N4. The zero-order valence-corrected chi connectivity index (χ0v) is 25.8. The molecule has 0 radical (unpaired) electrons. The quantitative estimate of drug-likeness (QED) is 0.228. The van der Waals surface area contributed by atoms with Gasteiger partial charge in [-0.25, -0.2) is 27.5 Å². The maximum Gasteiger partial charge on any atom is 0.416 e. The molecule has 11 heteroatoms. The molecule has 0 N–H and O–H groups in total. The van der Waals surface area contributed by atoms with Crippen LogP contribution in [-0.4, -0.2) is 37.1 Å². The maximum atomic E-state index is 13.7. The Morgan fingerprint density at radius 2 is 1.66 bits per heavy atom. The van der Waals surface area contributed by atoms with Crippen LogP contribution in [0.15, 0.2) is 79.8 Å². The fourth-order valence-electron chi connectivity index (χ4n) is 3.94. The van der Waals surface area contributed by atoms with Crippen LogP contribution in [0.5, 0.6) is 0 Å². The van der Waals surface area contributed by atoms with Crippen molar-refractivity contribution >= 4 is 23.5 Å². The summed E-state index contributed by atoms with van der Waals surface area (Å²) in [5, 5.41) is 0. The number of rotatable bonds is 6. The fraction of sp³-hybridized carbons (Fsp3) is 0.394. The Hall–Kier alpha value is -3.89. The number of allylic oxidation sites excluding steroid dienone is 3. The highest BCUT2D eigenvalue weighted by Gasteiger charge is 2.36. The van der Waals surface area contributed by atoms with Gasteiger partial charge in [-0.1, -0.05) is 52.0 Å². The van der Waals surface area contributed by atoms with Crippen LogP contribution >= 0.6 is 0 Å². The first-order valence-electron chi connectivity index (χ1n) is 14.0. The molecule has 2 aromatic rings. The molecule has 44 heavy (non-hydrogen) atoms. The Bertz CT molecular complexity index is 1490. The Morgan fingerprint density at radius 3 is 2.18 bits per heavy atom. The molecule has 0 aromatic heterocycles. The second kappa shape index (κ2) is 15.7. The number of benzene rings is 2. The number of nitrogens with zero attached hydrogens (tertiary/aromatic N) is 4. The zero-order valence-electron chi connectivity index (χ0n) is 25.8. The van der Waals surface area contributed by atoms with E-state index in [1.54, 1.807) is 25.4 Å². The number of aliphatic imine (C=N–C) groups is 4. The number of alkyl halides is 5. The van der Waals surface area contributed by atoms with Gasteiger partial charge in [0, 0.05) is 37.7 Å². The fourth-order valence-corrected chi connectivity index (χ4v) is 3.94. The predicted octanol–water partition coefficient (Wildman–Crippen LogP) is 9.58. The van der Waals surface area contributed by atoms with Crippen LogP contribution in [0.2, 0.25) is 0 Å². The first kappa shape index (κ1) is 36.3. The molecule has 0 amide bonds. The van der Waals surface area contributed by atoms with Crippen molar-refractivity contribution in [3.8, 4) is 0 Å². The summed E-state index contributed by atoms with van der Waals surface area (Å²) in [5.74, 6) is -3.80. The largest absolute Gasteiger partial charge is 0.416 e. The van der Waals surface area contributed by atoms with Crippen LogP contribution in [0.3, 0.4) is 0 Å². The van der Waals surface area contributed by atoms with Crippen LogP contribution < -0.4 is 0 Å². The smallest absolute Gasteiger partial charge is 0.294 e.